The SMILES string of the molecule is CN=C(NCC(c1cccs1)N1CCOCC1)NC(C)COC. The fourth-order valence-corrected chi connectivity index (χ4v) is 3.55. The first-order valence-corrected chi connectivity index (χ1v) is 8.94. The molecule has 6 nitrogen and oxygen atoms in total. The molecule has 23 heavy (non-hydrogen) atoms. The molecule has 2 atom stereocenters. The van der Waals surface area contributed by atoms with Crippen LogP contribution in [-0.2, 0) is 9.47 Å². The minimum Gasteiger partial charge on any atom is -0.383 e. The average molecular weight is 340 g/mol. The maximum atomic E-state index is 5.48. The lowest BCUT2D eigenvalue weighted by Gasteiger charge is -2.34. The maximum Gasteiger partial charge on any atom is 0.191 e. The van der Waals surface area contributed by atoms with E-state index in [1.165, 1.54) is 4.88 Å². The standard InChI is InChI=1S/C16H28N4O2S/c1-13(12-21-3)19-16(17-2)18-11-14(15-5-4-10-23-15)20-6-8-22-9-7-20/h4-5,10,13-14H,6-9,11-12H2,1-3H3,(H2,17,18,19). The van der Waals surface area contributed by atoms with Gasteiger partial charge in [0.1, 0.15) is 0 Å². The Bertz CT molecular complexity index is 461. The Morgan fingerprint density at radius 2 is 2.26 bits per heavy atom. The predicted octanol–water partition coefficient (Wildman–Crippen LogP) is 1.32. The van der Waals surface area contributed by atoms with E-state index in [1.54, 1.807) is 25.5 Å². The molecule has 0 amide bonds. The van der Waals surface area contributed by atoms with Gasteiger partial charge in [-0.15, -0.1) is 11.3 Å². The van der Waals surface area contributed by atoms with Gasteiger partial charge in [0, 0.05) is 44.7 Å². The fraction of sp³-hybridized carbons (Fsp3) is 0.688. The molecule has 0 bridgehead atoms. The van der Waals surface area contributed by atoms with Crippen LogP contribution in [0.25, 0.3) is 0 Å². The molecule has 130 valence electrons. The first-order valence-electron chi connectivity index (χ1n) is 8.06. The van der Waals surface area contributed by atoms with Crippen molar-refractivity contribution in [2.24, 2.45) is 4.99 Å². The van der Waals surface area contributed by atoms with Crippen LogP contribution in [0.5, 0.6) is 0 Å². The Labute approximate surface area is 142 Å². The Hall–Kier alpha value is -1.15. The molecule has 0 saturated carbocycles. The molecule has 1 aliphatic rings. The van der Waals surface area contributed by atoms with Gasteiger partial charge in [-0.25, -0.2) is 0 Å². The van der Waals surface area contributed by atoms with Crippen LogP contribution < -0.4 is 10.6 Å². The zero-order chi connectivity index (χ0) is 16.5. The third-order valence-electron chi connectivity index (χ3n) is 3.84. The molecule has 2 unspecified atom stereocenters. The van der Waals surface area contributed by atoms with Crippen LogP contribution in [0, 0.1) is 0 Å². The van der Waals surface area contributed by atoms with Gasteiger partial charge in [0.2, 0.25) is 0 Å². The number of guanidine groups is 1. The summed E-state index contributed by atoms with van der Waals surface area (Å²) in [5.74, 6) is 0.810. The molecule has 1 aliphatic heterocycles. The summed E-state index contributed by atoms with van der Waals surface area (Å²) in [6.07, 6.45) is 0. The predicted molar refractivity (Wildman–Crippen MR) is 95.3 cm³/mol. The molecule has 0 spiro atoms. The first-order chi connectivity index (χ1) is 11.2. The number of nitrogens with zero attached hydrogens (tertiary/aromatic N) is 2. The normalized spacial score (nSPS) is 19.3. The summed E-state index contributed by atoms with van der Waals surface area (Å²) < 4.78 is 10.6. The Balaban J connectivity index is 1.94. The highest BCUT2D eigenvalue weighted by Gasteiger charge is 2.23. The second kappa shape index (κ2) is 9.87. The van der Waals surface area contributed by atoms with Gasteiger partial charge in [-0.3, -0.25) is 9.89 Å². The number of aliphatic imine (C=N–C) groups is 1. The molecule has 0 radical (unpaired) electrons. The average Bonchev–Trinajstić information content (AvgIpc) is 3.09. The van der Waals surface area contributed by atoms with E-state index in [4.69, 9.17) is 9.47 Å². The summed E-state index contributed by atoms with van der Waals surface area (Å²) in [4.78, 5) is 8.16. The van der Waals surface area contributed by atoms with Crippen molar-refractivity contribution >= 4 is 17.3 Å². The maximum absolute atomic E-state index is 5.48. The van der Waals surface area contributed by atoms with Crippen LogP contribution in [0.15, 0.2) is 22.5 Å². The molecule has 1 saturated heterocycles. The summed E-state index contributed by atoms with van der Waals surface area (Å²) in [6.45, 7) is 7.10. The number of thiophene rings is 1. The van der Waals surface area contributed by atoms with Crippen LogP contribution >= 0.6 is 11.3 Å². The van der Waals surface area contributed by atoms with E-state index < -0.39 is 0 Å². The molecule has 1 fully saturated rings. The van der Waals surface area contributed by atoms with E-state index in [-0.39, 0.29) is 6.04 Å². The van der Waals surface area contributed by atoms with Gasteiger partial charge in [-0.1, -0.05) is 6.07 Å². The van der Waals surface area contributed by atoms with Crippen molar-refractivity contribution in [3.8, 4) is 0 Å². The van der Waals surface area contributed by atoms with Crippen LogP contribution in [0.2, 0.25) is 0 Å². The molecule has 2 N–H and O–H groups in total. The van der Waals surface area contributed by atoms with E-state index in [2.05, 4.69) is 45.0 Å². The van der Waals surface area contributed by atoms with E-state index in [1.807, 2.05) is 0 Å². The van der Waals surface area contributed by atoms with Gasteiger partial charge < -0.3 is 20.1 Å². The summed E-state index contributed by atoms with van der Waals surface area (Å²) in [7, 11) is 3.50. The second-order valence-electron chi connectivity index (χ2n) is 5.63. The molecule has 0 aliphatic carbocycles. The van der Waals surface area contributed by atoms with Crippen molar-refractivity contribution in [3.05, 3.63) is 22.4 Å². The Morgan fingerprint density at radius 1 is 1.48 bits per heavy atom. The Kier molecular flexibility index (Phi) is 7.81. The second-order valence-corrected chi connectivity index (χ2v) is 6.61. The van der Waals surface area contributed by atoms with Crippen molar-refractivity contribution in [1.29, 1.82) is 0 Å². The van der Waals surface area contributed by atoms with Crippen molar-refractivity contribution in [2.75, 3.05) is 53.6 Å². The molecule has 0 aromatic carbocycles. The third-order valence-corrected chi connectivity index (χ3v) is 4.82. The molecular weight excluding hydrogens is 312 g/mol. The summed E-state index contributed by atoms with van der Waals surface area (Å²) in [5, 5.41) is 8.93. The lowest BCUT2D eigenvalue weighted by atomic mass is 10.2. The van der Waals surface area contributed by atoms with Crippen molar-refractivity contribution < 1.29 is 9.47 Å². The minimum atomic E-state index is 0.217. The molecule has 1 aromatic rings. The summed E-state index contributed by atoms with van der Waals surface area (Å²) in [6, 6.07) is 4.88. The van der Waals surface area contributed by atoms with Gasteiger partial charge in [0.05, 0.1) is 25.9 Å². The number of nitrogens with one attached hydrogen (secondary N) is 2. The van der Waals surface area contributed by atoms with Gasteiger partial charge in [0.15, 0.2) is 5.96 Å². The molecular formula is C16H28N4O2S. The number of rotatable bonds is 7. The number of methoxy groups -OCH3 is 1. The quantitative estimate of drug-likeness (QED) is 0.579. The monoisotopic (exact) mass is 340 g/mol. The zero-order valence-corrected chi connectivity index (χ0v) is 15.1. The molecule has 2 heterocycles. The first kappa shape index (κ1) is 18.2. The van der Waals surface area contributed by atoms with E-state index in [9.17, 15) is 0 Å². The molecule has 1 aromatic heterocycles. The molecule has 7 heteroatoms. The van der Waals surface area contributed by atoms with Gasteiger partial charge in [-0.2, -0.15) is 0 Å². The van der Waals surface area contributed by atoms with Crippen LogP contribution in [0.3, 0.4) is 0 Å². The highest BCUT2D eigenvalue weighted by atomic mass is 32.1. The summed E-state index contributed by atoms with van der Waals surface area (Å²) in [5.41, 5.74) is 0. The highest BCUT2D eigenvalue weighted by molar-refractivity contribution is 7.10. The fourth-order valence-electron chi connectivity index (χ4n) is 2.69. The largest absolute Gasteiger partial charge is 0.383 e. The van der Waals surface area contributed by atoms with Crippen LogP contribution in [0.1, 0.15) is 17.8 Å². The van der Waals surface area contributed by atoms with Gasteiger partial charge in [-0.05, 0) is 18.4 Å². The summed E-state index contributed by atoms with van der Waals surface area (Å²) >= 11 is 1.80. The van der Waals surface area contributed by atoms with E-state index in [0.29, 0.717) is 12.6 Å². The number of hydrogen-bond acceptors (Lipinski definition) is 5. The number of ether oxygens (including phenoxy) is 2. The third kappa shape index (κ3) is 5.76. The number of morpholine rings is 1. The lowest BCUT2D eigenvalue weighted by molar-refractivity contribution is 0.0177. The van der Waals surface area contributed by atoms with E-state index >= 15 is 0 Å². The lowest BCUT2D eigenvalue weighted by Crippen LogP contribution is -2.48. The van der Waals surface area contributed by atoms with E-state index in [0.717, 1.165) is 38.8 Å². The number of hydrogen-bond donors (Lipinski definition) is 2. The smallest absolute Gasteiger partial charge is 0.191 e. The van der Waals surface area contributed by atoms with Gasteiger partial charge >= 0.3 is 0 Å². The zero-order valence-electron chi connectivity index (χ0n) is 14.2. The van der Waals surface area contributed by atoms with Crippen molar-refractivity contribution in [2.45, 2.75) is 19.0 Å². The minimum absolute atomic E-state index is 0.217. The highest BCUT2D eigenvalue weighted by Crippen LogP contribution is 2.25. The van der Waals surface area contributed by atoms with Crippen LogP contribution in [0.4, 0.5) is 0 Å². The Morgan fingerprint density at radius 3 is 2.87 bits per heavy atom. The topological polar surface area (TPSA) is 58.1 Å². The van der Waals surface area contributed by atoms with Crippen LogP contribution in [-0.4, -0.2) is 70.5 Å². The molecule has 2 rings (SSSR count). The van der Waals surface area contributed by atoms with Crippen molar-refractivity contribution in [3.63, 3.8) is 0 Å². The van der Waals surface area contributed by atoms with Crippen molar-refractivity contribution in [1.82, 2.24) is 15.5 Å². The van der Waals surface area contributed by atoms with Gasteiger partial charge in [0.25, 0.3) is 0 Å².